The summed E-state index contributed by atoms with van der Waals surface area (Å²) in [4.78, 5) is 0. The standard InChI is InChI=1S/C14H20/c1-10(4-5-14-9-12(14)3)8-11(2)13-6-7-13/h4-5,12-14H,6-7,9H2,1-3H3. The van der Waals surface area contributed by atoms with E-state index >= 15 is 0 Å². The van der Waals surface area contributed by atoms with Crippen LogP contribution in [0.3, 0.4) is 0 Å². The lowest BCUT2D eigenvalue weighted by Gasteiger charge is -1.91. The topological polar surface area (TPSA) is 0 Å². The maximum absolute atomic E-state index is 3.49. The van der Waals surface area contributed by atoms with E-state index in [0.717, 1.165) is 17.8 Å². The zero-order valence-corrected chi connectivity index (χ0v) is 9.51. The Bertz CT molecular complexity index is 309. The third-order valence-electron chi connectivity index (χ3n) is 3.35. The van der Waals surface area contributed by atoms with Gasteiger partial charge in [0.15, 0.2) is 0 Å². The van der Waals surface area contributed by atoms with Crippen LogP contribution in [0.5, 0.6) is 0 Å². The summed E-state index contributed by atoms with van der Waals surface area (Å²) in [5, 5.41) is 0. The monoisotopic (exact) mass is 188 g/mol. The van der Waals surface area contributed by atoms with Gasteiger partial charge in [0, 0.05) is 0 Å². The number of hydrogen-bond donors (Lipinski definition) is 0. The first kappa shape index (κ1) is 9.80. The van der Waals surface area contributed by atoms with Crippen LogP contribution in [0.4, 0.5) is 0 Å². The molecule has 0 saturated heterocycles. The van der Waals surface area contributed by atoms with Gasteiger partial charge in [0.2, 0.25) is 0 Å². The van der Waals surface area contributed by atoms with Crippen LogP contribution in [0.2, 0.25) is 0 Å². The van der Waals surface area contributed by atoms with Gasteiger partial charge in [0.1, 0.15) is 0 Å². The van der Waals surface area contributed by atoms with Crippen molar-refractivity contribution in [3.05, 3.63) is 29.0 Å². The first-order valence-corrected chi connectivity index (χ1v) is 5.79. The van der Waals surface area contributed by atoms with Crippen LogP contribution < -0.4 is 0 Å². The molecule has 2 rings (SSSR count). The summed E-state index contributed by atoms with van der Waals surface area (Å²) in [6.45, 7) is 6.70. The Morgan fingerprint density at radius 3 is 2.43 bits per heavy atom. The van der Waals surface area contributed by atoms with Gasteiger partial charge in [0.05, 0.1) is 0 Å². The van der Waals surface area contributed by atoms with Crippen LogP contribution in [0.25, 0.3) is 0 Å². The van der Waals surface area contributed by atoms with Crippen molar-refractivity contribution in [3.63, 3.8) is 0 Å². The molecule has 0 aromatic carbocycles. The van der Waals surface area contributed by atoms with Crippen molar-refractivity contribution < 1.29 is 0 Å². The average molecular weight is 188 g/mol. The van der Waals surface area contributed by atoms with Crippen molar-refractivity contribution in [2.45, 2.75) is 40.0 Å². The van der Waals surface area contributed by atoms with Gasteiger partial charge in [-0.15, -0.1) is 5.73 Å². The van der Waals surface area contributed by atoms with E-state index in [1.54, 1.807) is 0 Å². The van der Waals surface area contributed by atoms with Gasteiger partial charge in [-0.3, -0.25) is 0 Å². The van der Waals surface area contributed by atoms with Crippen LogP contribution in [0.15, 0.2) is 29.0 Å². The molecular formula is C14H20. The first-order valence-electron chi connectivity index (χ1n) is 5.79. The van der Waals surface area contributed by atoms with E-state index in [-0.39, 0.29) is 0 Å². The molecule has 0 bridgehead atoms. The second kappa shape index (κ2) is 3.79. The SMILES string of the molecule is CC(=C=C(C)C1CC1)C=CC1CC1C. The molecule has 0 aromatic rings. The lowest BCUT2D eigenvalue weighted by atomic mass is 10.1. The normalized spacial score (nSPS) is 30.2. The maximum atomic E-state index is 3.49. The number of allylic oxidation sites excluding steroid dienone is 3. The minimum Gasteiger partial charge on any atom is -0.119 e. The molecule has 0 aromatic heterocycles. The summed E-state index contributed by atoms with van der Waals surface area (Å²) in [6.07, 6.45) is 8.76. The molecule has 2 unspecified atom stereocenters. The summed E-state index contributed by atoms with van der Waals surface area (Å²) in [5.74, 6) is 2.64. The van der Waals surface area contributed by atoms with E-state index in [1.807, 2.05) is 0 Å². The summed E-state index contributed by atoms with van der Waals surface area (Å²) in [7, 11) is 0. The zero-order chi connectivity index (χ0) is 10.1. The van der Waals surface area contributed by atoms with E-state index in [1.165, 1.54) is 30.4 Å². The van der Waals surface area contributed by atoms with Crippen molar-refractivity contribution in [1.82, 2.24) is 0 Å². The van der Waals surface area contributed by atoms with Crippen LogP contribution in [0, 0.1) is 17.8 Å². The number of hydrogen-bond acceptors (Lipinski definition) is 0. The van der Waals surface area contributed by atoms with Gasteiger partial charge in [-0.1, -0.05) is 19.1 Å². The molecule has 0 heteroatoms. The molecule has 2 atom stereocenters. The second-order valence-corrected chi connectivity index (χ2v) is 5.00. The van der Waals surface area contributed by atoms with Gasteiger partial charge in [-0.25, -0.2) is 0 Å². The maximum Gasteiger partial charge on any atom is -0.00949 e. The molecule has 0 amide bonds. The van der Waals surface area contributed by atoms with E-state index in [4.69, 9.17) is 0 Å². The van der Waals surface area contributed by atoms with Gasteiger partial charge in [-0.2, -0.15) is 0 Å². The Kier molecular flexibility index (Phi) is 2.65. The van der Waals surface area contributed by atoms with Crippen molar-refractivity contribution in [2.75, 3.05) is 0 Å². The van der Waals surface area contributed by atoms with Gasteiger partial charge in [-0.05, 0) is 62.0 Å². The number of rotatable bonds is 3. The lowest BCUT2D eigenvalue weighted by molar-refractivity contribution is 0.898. The lowest BCUT2D eigenvalue weighted by Crippen LogP contribution is -1.76. The van der Waals surface area contributed by atoms with Crippen LogP contribution >= 0.6 is 0 Å². The molecule has 76 valence electrons. The highest BCUT2D eigenvalue weighted by molar-refractivity contribution is 5.22. The summed E-state index contributed by atoms with van der Waals surface area (Å²) in [6, 6.07) is 0. The summed E-state index contributed by atoms with van der Waals surface area (Å²) in [5.41, 5.74) is 6.24. The van der Waals surface area contributed by atoms with Crippen molar-refractivity contribution >= 4 is 0 Å². The second-order valence-electron chi connectivity index (χ2n) is 5.00. The fourth-order valence-corrected chi connectivity index (χ4v) is 1.86. The molecule has 2 aliphatic rings. The minimum absolute atomic E-state index is 0.855. The van der Waals surface area contributed by atoms with Crippen LogP contribution in [-0.4, -0.2) is 0 Å². The average Bonchev–Trinajstić information content (AvgIpc) is 2.96. The predicted octanol–water partition coefficient (Wildman–Crippen LogP) is 4.10. The molecule has 2 fully saturated rings. The zero-order valence-electron chi connectivity index (χ0n) is 9.51. The van der Waals surface area contributed by atoms with Gasteiger partial charge >= 0.3 is 0 Å². The molecular weight excluding hydrogens is 168 g/mol. The molecule has 0 aliphatic heterocycles. The van der Waals surface area contributed by atoms with E-state index < -0.39 is 0 Å². The van der Waals surface area contributed by atoms with E-state index in [2.05, 4.69) is 38.7 Å². The van der Waals surface area contributed by atoms with Crippen molar-refractivity contribution in [3.8, 4) is 0 Å². The molecule has 0 spiro atoms. The van der Waals surface area contributed by atoms with Gasteiger partial charge < -0.3 is 0 Å². The molecule has 14 heavy (non-hydrogen) atoms. The molecule has 0 radical (unpaired) electrons. The highest BCUT2D eigenvalue weighted by Gasteiger charge is 2.29. The summed E-state index contributed by atoms with van der Waals surface area (Å²) < 4.78 is 0. The van der Waals surface area contributed by atoms with Crippen LogP contribution in [-0.2, 0) is 0 Å². The molecule has 2 aliphatic carbocycles. The minimum atomic E-state index is 0.855. The Morgan fingerprint density at radius 2 is 1.93 bits per heavy atom. The molecule has 0 nitrogen and oxygen atoms in total. The van der Waals surface area contributed by atoms with Crippen molar-refractivity contribution in [2.24, 2.45) is 17.8 Å². The Morgan fingerprint density at radius 1 is 1.29 bits per heavy atom. The fraction of sp³-hybridized carbons (Fsp3) is 0.643. The summed E-state index contributed by atoms with van der Waals surface area (Å²) >= 11 is 0. The molecule has 0 heterocycles. The molecule has 2 saturated carbocycles. The third kappa shape index (κ3) is 2.62. The smallest absolute Gasteiger partial charge is 0.00949 e. The highest BCUT2D eigenvalue weighted by Crippen LogP contribution is 2.39. The quantitative estimate of drug-likeness (QED) is 0.462. The third-order valence-corrected chi connectivity index (χ3v) is 3.35. The van der Waals surface area contributed by atoms with E-state index in [0.29, 0.717) is 0 Å². The van der Waals surface area contributed by atoms with Crippen LogP contribution in [0.1, 0.15) is 40.0 Å². The Hall–Kier alpha value is -0.740. The Balaban J connectivity index is 1.96. The largest absolute Gasteiger partial charge is 0.119 e. The molecule has 0 N–H and O–H groups in total. The predicted molar refractivity (Wildman–Crippen MR) is 61.0 cm³/mol. The van der Waals surface area contributed by atoms with E-state index in [9.17, 15) is 0 Å². The van der Waals surface area contributed by atoms with Crippen molar-refractivity contribution in [1.29, 1.82) is 0 Å². The first-order chi connectivity index (χ1) is 6.66. The Labute approximate surface area is 87.4 Å². The fourth-order valence-electron chi connectivity index (χ4n) is 1.86. The highest BCUT2D eigenvalue weighted by atomic mass is 14.3. The van der Waals surface area contributed by atoms with Gasteiger partial charge in [0.25, 0.3) is 0 Å².